The lowest BCUT2D eigenvalue weighted by Gasteiger charge is -2.33. The Labute approximate surface area is 173 Å². The van der Waals surface area contributed by atoms with Crippen LogP contribution in [0.3, 0.4) is 0 Å². The van der Waals surface area contributed by atoms with E-state index in [0.717, 1.165) is 52.0 Å². The first-order valence-electron chi connectivity index (χ1n) is 10.8. The first-order chi connectivity index (χ1) is 14.3. The van der Waals surface area contributed by atoms with Crippen LogP contribution < -0.4 is 0 Å². The first-order valence-corrected chi connectivity index (χ1v) is 10.8. The number of amides is 1. The van der Waals surface area contributed by atoms with Crippen molar-refractivity contribution in [3.8, 4) is 0 Å². The summed E-state index contributed by atoms with van der Waals surface area (Å²) >= 11 is 0. The Morgan fingerprint density at radius 3 is 2.10 bits per heavy atom. The molecule has 0 bridgehead atoms. The van der Waals surface area contributed by atoms with E-state index < -0.39 is 0 Å². The predicted molar refractivity (Wildman–Crippen MR) is 117 cm³/mol. The number of aryl methyl sites for hydroxylation is 2. The number of piperazine rings is 1. The van der Waals surface area contributed by atoms with E-state index in [1.54, 1.807) is 0 Å². The van der Waals surface area contributed by atoms with Crippen LogP contribution in [0.5, 0.6) is 0 Å². The fraction of sp³-hybridized carbons (Fsp3) is 0.400. The number of rotatable bonds is 4. The van der Waals surface area contributed by atoms with Crippen LogP contribution in [0.4, 0.5) is 4.79 Å². The van der Waals surface area contributed by atoms with Crippen molar-refractivity contribution in [1.82, 2.24) is 9.80 Å². The monoisotopic (exact) mass is 390 g/mol. The van der Waals surface area contributed by atoms with Gasteiger partial charge in [-0.25, -0.2) is 4.79 Å². The number of fused-ring (bicyclic) bond motifs is 2. The molecule has 0 radical (unpaired) electrons. The minimum atomic E-state index is -0.180. The summed E-state index contributed by atoms with van der Waals surface area (Å²) in [7, 11) is 0. The molecule has 0 spiro atoms. The highest BCUT2D eigenvalue weighted by molar-refractivity contribution is 5.83. The number of hydrogen-bond acceptors (Lipinski definition) is 3. The summed E-state index contributed by atoms with van der Waals surface area (Å²) in [5.74, 6) is 0. The van der Waals surface area contributed by atoms with E-state index in [0.29, 0.717) is 6.61 Å². The molecule has 2 aromatic carbocycles. The molecular weight excluding hydrogens is 360 g/mol. The maximum Gasteiger partial charge on any atom is 0.409 e. The van der Waals surface area contributed by atoms with Gasteiger partial charge in [0.15, 0.2) is 0 Å². The molecule has 2 aromatic rings. The van der Waals surface area contributed by atoms with E-state index in [1.165, 1.54) is 27.8 Å². The highest BCUT2D eigenvalue weighted by Gasteiger charge is 2.22. The van der Waals surface area contributed by atoms with Crippen LogP contribution in [-0.4, -0.2) is 55.2 Å². The summed E-state index contributed by atoms with van der Waals surface area (Å²) in [5.41, 5.74) is 7.02. The number of carbonyl (C=O) groups is 1. The topological polar surface area (TPSA) is 32.8 Å². The summed E-state index contributed by atoms with van der Waals surface area (Å²) in [4.78, 5) is 16.1. The predicted octanol–water partition coefficient (Wildman–Crippen LogP) is 4.38. The van der Waals surface area contributed by atoms with Crippen molar-refractivity contribution in [3.05, 3.63) is 76.9 Å². The van der Waals surface area contributed by atoms with E-state index in [4.69, 9.17) is 4.74 Å². The molecule has 0 unspecified atom stereocenters. The molecule has 0 aromatic heterocycles. The Hall–Kier alpha value is -2.59. The van der Waals surface area contributed by atoms with Crippen molar-refractivity contribution < 1.29 is 9.53 Å². The second-order valence-electron chi connectivity index (χ2n) is 7.75. The molecule has 0 atom stereocenters. The van der Waals surface area contributed by atoms with Gasteiger partial charge >= 0.3 is 6.09 Å². The van der Waals surface area contributed by atoms with Gasteiger partial charge < -0.3 is 9.64 Å². The van der Waals surface area contributed by atoms with Gasteiger partial charge in [0, 0.05) is 32.7 Å². The standard InChI is InChI=1S/C25H30N2O2/c1-2-29-25(28)27-18-16-26(17-19-27)15-7-12-24-22-10-5-3-8-20(22)13-14-21-9-4-6-11-23(21)24/h3-6,8-12H,2,7,13-19H2,1H3. The lowest BCUT2D eigenvalue weighted by Crippen LogP contribution is -2.48. The lowest BCUT2D eigenvalue weighted by atomic mass is 9.93. The van der Waals surface area contributed by atoms with Crippen molar-refractivity contribution in [2.24, 2.45) is 0 Å². The van der Waals surface area contributed by atoms with E-state index in [1.807, 2.05) is 11.8 Å². The average molecular weight is 391 g/mol. The lowest BCUT2D eigenvalue weighted by molar-refractivity contribution is 0.0801. The number of ether oxygens (including phenoxy) is 1. The Morgan fingerprint density at radius 1 is 0.931 bits per heavy atom. The molecule has 29 heavy (non-hydrogen) atoms. The van der Waals surface area contributed by atoms with Gasteiger partial charge in [0.1, 0.15) is 0 Å². The van der Waals surface area contributed by atoms with Crippen molar-refractivity contribution >= 4 is 11.7 Å². The fourth-order valence-corrected chi connectivity index (χ4v) is 4.40. The minimum Gasteiger partial charge on any atom is -0.450 e. The van der Waals surface area contributed by atoms with Gasteiger partial charge in [-0.3, -0.25) is 4.90 Å². The Balaban J connectivity index is 1.44. The molecule has 0 saturated carbocycles. The van der Waals surface area contributed by atoms with Crippen LogP contribution in [0.2, 0.25) is 0 Å². The second kappa shape index (κ2) is 9.27. The van der Waals surface area contributed by atoms with E-state index >= 15 is 0 Å². The third kappa shape index (κ3) is 4.54. The van der Waals surface area contributed by atoms with Crippen molar-refractivity contribution in [2.75, 3.05) is 39.3 Å². The summed E-state index contributed by atoms with van der Waals surface area (Å²) in [5, 5.41) is 0. The van der Waals surface area contributed by atoms with E-state index in [9.17, 15) is 4.79 Å². The summed E-state index contributed by atoms with van der Waals surface area (Å²) in [6.45, 7) is 6.64. The number of hydrogen-bond donors (Lipinski definition) is 0. The SMILES string of the molecule is CCOC(=O)N1CCN(CCC=C2c3ccccc3CCc3ccccc32)CC1. The Morgan fingerprint density at radius 2 is 1.52 bits per heavy atom. The highest BCUT2D eigenvalue weighted by Crippen LogP contribution is 2.33. The van der Waals surface area contributed by atoms with Crippen molar-refractivity contribution in [2.45, 2.75) is 26.2 Å². The molecule has 1 aliphatic heterocycles. The fourth-order valence-electron chi connectivity index (χ4n) is 4.40. The van der Waals surface area contributed by atoms with E-state index in [-0.39, 0.29) is 6.09 Å². The molecule has 4 heteroatoms. The van der Waals surface area contributed by atoms with Gasteiger partial charge in [-0.2, -0.15) is 0 Å². The molecule has 1 amide bonds. The van der Waals surface area contributed by atoms with Crippen LogP contribution in [0, 0.1) is 0 Å². The van der Waals surface area contributed by atoms with Crippen molar-refractivity contribution in [3.63, 3.8) is 0 Å². The maximum atomic E-state index is 11.9. The molecule has 1 heterocycles. The minimum absolute atomic E-state index is 0.180. The number of carbonyl (C=O) groups excluding carboxylic acids is 1. The summed E-state index contributed by atoms with van der Waals surface area (Å²) in [6.07, 6.45) is 5.44. The van der Waals surface area contributed by atoms with Gasteiger partial charge in [0.2, 0.25) is 0 Å². The zero-order chi connectivity index (χ0) is 20.1. The smallest absolute Gasteiger partial charge is 0.409 e. The normalized spacial score (nSPS) is 16.6. The molecule has 1 fully saturated rings. The third-order valence-corrected chi connectivity index (χ3v) is 5.97. The van der Waals surface area contributed by atoms with Crippen LogP contribution in [0.15, 0.2) is 54.6 Å². The average Bonchev–Trinajstić information content (AvgIpc) is 2.92. The Kier molecular flexibility index (Phi) is 6.30. The molecule has 0 N–H and O–H groups in total. The van der Waals surface area contributed by atoms with Crippen molar-refractivity contribution in [1.29, 1.82) is 0 Å². The molecule has 4 rings (SSSR count). The molecule has 2 aliphatic rings. The highest BCUT2D eigenvalue weighted by atomic mass is 16.6. The first kappa shape index (κ1) is 19.7. The molecular formula is C25H30N2O2. The Bertz CT molecular complexity index is 832. The summed E-state index contributed by atoms with van der Waals surface area (Å²) in [6, 6.07) is 17.7. The maximum absolute atomic E-state index is 11.9. The van der Waals surface area contributed by atoms with Crippen LogP contribution >= 0.6 is 0 Å². The molecule has 4 nitrogen and oxygen atoms in total. The van der Waals surface area contributed by atoms with Crippen LogP contribution in [-0.2, 0) is 17.6 Å². The largest absolute Gasteiger partial charge is 0.450 e. The van der Waals surface area contributed by atoms with Crippen LogP contribution in [0.1, 0.15) is 35.6 Å². The van der Waals surface area contributed by atoms with Gasteiger partial charge in [-0.15, -0.1) is 0 Å². The van der Waals surface area contributed by atoms with Gasteiger partial charge in [-0.05, 0) is 54.0 Å². The number of nitrogens with zero attached hydrogens (tertiary/aromatic N) is 2. The van der Waals surface area contributed by atoms with E-state index in [2.05, 4.69) is 59.5 Å². The molecule has 1 saturated heterocycles. The van der Waals surface area contributed by atoms with Gasteiger partial charge in [-0.1, -0.05) is 54.6 Å². The van der Waals surface area contributed by atoms with Crippen LogP contribution in [0.25, 0.3) is 5.57 Å². The third-order valence-electron chi connectivity index (χ3n) is 5.97. The zero-order valence-electron chi connectivity index (χ0n) is 17.3. The summed E-state index contributed by atoms with van der Waals surface area (Å²) < 4.78 is 5.11. The number of benzene rings is 2. The molecule has 1 aliphatic carbocycles. The quantitative estimate of drug-likeness (QED) is 0.777. The van der Waals surface area contributed by atoms with Gasteiger partial charge in [0.05, 0.1) is 6.61 Å². The van der Waals surface area contributed by atoms with Gasteiger partial charge in [0.25, 0.3) is 0 Å². The molecule has 152 valence electrons. The zero-order valence-corrected chi connectivity index (χ0v) is 17.3. The second-order valence-corrected chi connectivity index (χ2v) is 7.75.